The van der Waals surface area contributed by atoms with Crippen LogP contribution in [0.5, 0.6) is 0 Å². The molecule has 0 radical (unpaired) electrons. The molecule has 0 aliphatic heterocycles. The smallest absolute Gasteiger partial charge is 0.280 e. The summed E-state index contributed by atoms with van der Waals surface area (Å²) in [7, 11) is -3.78. The van der Waals surface area contributed by atoms with E-state index in [9.17, 15) is 17.6 Å². The summed E-state index contributed by atoms with van der Waals surface area (Å²) < 4.78 is 37.0. The SMILES string of the molecule is CC(=Nc1ccc(S(N)(=O)=O)cc1)c1c(C)[nH]n(-c2ccc(F)cc2)c1=O. The van der Waals surface area contributed by atoms with Gasteiger partial charge in [-0.15, -0.1) is 0 Å². The standard InChI is InChI=1S/C18H17FN4O3S/c1-11(21-14-5-9-16(10-6-14)27(20,25)26)17-12(2)22-23(18(17)24)15-7-3-13(19)4-8-15/h3-10,22H,1-2H3,(H2,20,25,26). The van der Waals surface area contributed by atoms with Crippen molar-refractivity contribution in [1.82, 2.24) is 9.78 Å². The van der Waals surface area contributed by atoms with E-state index in [1.54, 1.807) is 13.8 Å². The van der Waals surface area contributed by atoms with Gasteiger partial charge in [0.1, 0.15) is 5.82 Å². The number of nitrogens with zero attached hydrogens (tertiary/aromatic N) is 2. The van der Waals surface area contributed by atoms with Gasteiger partial charge in [-0.05, 0) is 62.4 Å². The molecule has 9 heteroatoms. The fraction of sp³-hybridized carbons (Fsp3) is 0.111. The molecule has 0 bridgehead atoms. The zero-order valence-corrected chi connectivity index (χ0v) is 15.4. The van der Waals surface area contributed by atoms with Gasteiger partial charge in [-0.3, -0.25) is 14.9 Å². The van der Waals surface area contributed by atoms with Crippen LogP contribution < -0.4 is 10.7 Å². The minimum Gasteiger partial charge on any atom is -0.295 e. The number of nitrogens with two attached hydrogens (primary N) is 1. The maximum Gasteiger partial charge on any atom is 0.280 e. The third kappa shape index (κ3) is 3.88. The van der Waals surface area contributed by atoms with Crippen LogP contribution in [-0.2, 0) is 10.0 Å². The van der Waals surface area contributed by atoms with E-state index >= 15 is 0 Å². The van der Waals surface area contributed by atoms with Gasteiger partial charge < -0.3 is 0 Å². The summed E-state index contributed by atoms with van der Waals surface area (Å²) in [5.41, 5.74) is 2.11. The number of aromatic amines is 1. The van der Waals surface area contributed by atoms with Crippen LogP contribution in [-0.4, -0.2) is 23.9 Å². The largest absolute Gasteiger partial charge is 0.295 e. The lowest BCUT2D eigenvalue weighted by Crippen LogP contribution is -2.19. The first-order valence-corrected chi connectivity index (χ1v) is 9.47. The molecule has 1 heterocycles. The van der Waals surface area contributed by atoms with Crippen LogP contribution >= 0.6 is 0 Å². The maximum absolute atomic E-state index is 13.1. The van der Waals surface area contributed by atoms with Crippen molar-refractivity contribution in [3.05, 3.63) is 76.0 Å². The van der Waals surface area contributed by atoms with E-state index in [0.717, 1.165) is 0 Å². The predicted molar refractivity (Wildman–Crippen MR) is 101 cm³/mol. The minimum atomic E-state index is -3.78. The number of H-pyrrole nitrogens is 1. The third-order valence-electron chi connectivity index (χ3n) is 3.98. The van der Waals surface area contributed by atoms with Crippen molar-refractivity contribution in [2.45, 2.75) is 18.7 Å². The van der Waals surface area contributed by atoms with E-state index in [-0.39, 0.29) is 10.5 Å². The van der Waals surface area contributed by atoms with E-state index < -0.39 is 15.8 Å². The molecule has 0 saturated carbocycles. The van der Waals surface area contributed by atoms with Gasteiger partial charge in [0.15, 0.2) is 0 Å². The van der Waals surface area contributed by atoms with E-state index in [1.807, 2.05) is 0 Å². The second kappa shape index (κ2) is 6.93. The number of hydrogen-bond donors (Lipinski definition) is 2. The number of aromatic nitrogens is 2. The Kier molecular flexibility index (Phi) is 4.81. The number of benzene rings is 2. The summed E-state index contributed by atoms with van der Waals surface area (Å²) in [6.07, 6.45) is 0. The number of aryl methyl sites for hydroxylation is 1. The Hall–Kier alpha value is -3.04. The Morgan fingerprint density at radius 2 is 1.70 bits per heavy atom. The second-order valence-electron chi connectivity index (χ2n) is 5.96. The molecular weight excluding hydrogens is 371 g/mol. The number of hydrogen-bond acceptors (Lipinski definition) is 4. The maximum atomic E-state index is 13.1. The summed E-state index contributed by atoms with van der Waals surface area (Å²) in [4.78, 5) is 17.1. The first kappa shape index (κ1) is 18.7. The lowest BCUT2D eigenvalue weighted by Gasteiger charge is -2.01. The first-order valence-electron chi connectivity index (χ1n) is 7.93. The number of rotatable bonds is 4. The van der Waals surface area contributed by atoms with Crippen LogP contribution in [0, 0.1) is 12.7 Å². The molecular formula is C18H17FN4O3S. The molecule has 0 aliphatic carbocycles. The molecule has 27 heavy (non-hydrogen) atoms. The third-order valence-corrected chi connectivity index (χ3v) is 4.91. The van der Waals surface area contributed by atoms with Gasteiger partial charge in [0.25, 0.3) is 5.56 Å². The molecule has 0 fully saturated rings. The Morgan fingerprint density at radius 1 is 1.11 bits per heavy atom. The van der Waals surface area contributed by atoms with E-state index in [2.05, 4.69) is 10.1 Å². The highest BCUT2D eigenvalue weighted by atomic mass is 32.2. The molecule has 0 saturated heterocycles. The van der Waals surface area contributed by atoms with Gasteiger partial charge in [0, 0.05) is 5.69 Å². The highest BCUT2D eigenvalue weighted by molar-refractivity contribution is 7.89. The van der Waals surface area contributed by atoms with Crippen LogP contribution in [0.4, 0.5) is 10.1 Å². The van der Waals surface area contributed by atoms with Gasteiger partial charge >= 0.3 is 0 Å². The minimum absolute atomic E-state index is 0.0180. The number of nitrogens with one attached hydrogen (secondary N) is 1. The number of sulfonamides is 1. The molecule has 0 spiro atoms. The lowest BCUT2D eigenvalue weighted by molar-refractivity contribution is 0.598. The van der Waals surface area contributed by atoms with Gasteiger partial charge in [-0.25, -0.2) is 22.6 Å². The van der Waals surface area contributed by atoms with Crippen LogP contribution in [0.1, 0.15) is 18.2 Å². The molecule has 2 aromatic carbocycles. The number of primary sulfonamides is 1. The zero-order valence-electron chi connectivity index (χ0n) is 14.6. The molecule has 1 aromatic heterocycles. The summed E-state index contributed by atoms with van der Waals surface area (Å²) in [5, 5.41) is 8.02. The number of aliphatic imine (C=N–C) groups is 1. The average Bonchev–Trinajstić information content (AvgIpc) is 2.90. The van der Waals surface area contributed by atoms with Crippen molar-refractivity contribution in [1.29, 1.82) is 0 Å². The fourth-order valence-corrected chi connectivity index (χ4v) is 3.22. The van der Waals surface area contributed by atoms with E-state index in [1.165, 1.54) is 53.2 Å². The van der Waals surface area contributed by atoms with Crippen molar-refractivity contribution in [3.63, 3.8) is 0 Å². The zero-order chi connectivity index (χ0) is 19.8. The Bertz CT molecular complexity index is 1170. The van der Waals surface area contributed by atoms with Gasteiger partial charge in [-0.2, -0.15) is 0 Å². The highest BCUT2D eigenvalue weighted by Gasteiger charge is 2.15. The molecule has 0 unspecified atom stereocenters. The van der Waals surface area contributed by atoms with E-state index in [0.29, 0.717) is 28.3 Å². The molecule has 0 aliphatic rings. The van der Waals surface area contributed by atoms with Gasteiger partial charge in [0.05, 0.1) is 27.5 Å². The van der Waals surface area contributed by atoms with Crippen LogP contribution in [0.3, 0.4) is 0 Å². The van der Waals surface area contributed by atoms with Crippen molar-refractivity contribution in [2.75, 3.05) is 0 Å². The highest BCUT2D eigenvalue weighted by Crippen LogP contribution is 2.17. The number of halogens is 1. The van der Waals surface area contributed by atoms with Crippen molar-refractivity contribution >= 4 is 21.4 Å². The van der Waals surface area contributed by atoms with Crippen molar-refractivity contribution < 1.29 is 12.8 Å². The summed E-state index contributed by atoms with van der Waals surface area (Å²) in [6.45, 7) is 3.42. The molecule has 140 valence electrons. The van der Waals surface area contributed by atoms with Crippen molar-refractivity contribution in [2.24, 2.45) is 10.1 Å². The van der Waals surface area contributed by atoms with Crippen molar-refractivity contribution in [3.8, 4) is 5.69 Å². The average molecular weight is 388 g/mol. The first-order chi connectivity index (χ1) is 12.7. The van der Waals surface area contributed by atoms with Crippen LogP contribution in [0.2, 0.25) is 0 Å². The Balaban J connectivity index is 2.00. The van der Waals surface area contributed by atoms with Gasteiger partial charge in [0.2, 0.25) is 10.0 Å². The fourth-order valence-electron chi connectivity index (χ4n) is 2.70. The summed E-state index contributed by atoms with van der Waals surface area (Å²) in [6, 6.07) is 11.2. The second-order valence-corrected chi connectivity index (χ2v) is 7.53. The monoisotopic (exact) mass is 388 g/mol. The Labute approximate surface area is 155 Å². The predicted octanol–water partition coefficient (Wildman–Crippen LogP) is 2.40. The normalized spacial score (nSPS) is 12.4. The molecule has 7 nitrogen and oxygen atoms in total. The quantitative estimate of drug-likeness (QED) is 0.670. The van der Waals surface area contributed by atoms with Crippen LogP contribution in [0.15, 0.2) is 63.2 Å². The summed E-state index contributed by atoms with van der Waals surface area (Å²) >= 11 is 0. The molecule has 3 rings (SSSR count). The Morgan fingerprint density at radius 3 is 2.26 bits per heavy atom. The topological polar surface area (TPSA) is 110 Å². The van der Waals surface area contributed by atoms with E-state index in [4.69, 9.17) is 5.14 Å². The lowest BCUT2D eigenvalue weighted by atomic mass is 10.1. The molecule has 3 aromatic rings. The molecule has 3 N–H and O–H groups in total. The molecule has 0 amide bonds. The molecule has 0 atom stereocenters. The van der Waals surface area contributed by atoms with Crippen LogP contribution in [0.25, 0.3) is 5.69 Å². The van der Waals surface area contributed by atoms with Gasteiger partial charge in [-0.1, -0.05) is 0 Å². The summed E-state index contributed by atoms with van der Waals surface area (Å²) in [5.74, 6) is -0.393.